The third-order valence-electron chi connectivity index (χ3n) is 2.35. The van der Waals surface area contributed by atoms with Gasteiger partial charge in [-0.25, -0.2) is 0 Å². The highest BCUT2D eigenvalue weighted by molar-refractivity contribution is 6.63. The molecule has 1 rings (SSSR count). The number of hydrogen-bond acceptors (Lipinski definition) is 5. The van der Waals surface area contributed by atoms with Crippen LogP contribution in [0.4, 0.5) is 5.69 Å². The van der Waals surface area contributed by atoms with E-state index in [0.29, 0.717) is 17.3 Å². The van der Waals surface area contributed by atoms with Crippen LogP contribution in [-0.4, -0.2) is 44.2 Å². The van der Waals surface area contributed by atoms with E-state index in [1.54, 1.807) is 0 Å². The van der Waals surface area contributed by atoms with Crippen molar-refractivity contribution in [3.05, 3.63) is 22.2 Å². The van der Waals surface area contributed by atoms with E-state index >= 15 is 0 Å². The molecule has 0 bridgehead atoms. The average Bonchev–Trinajstić information content (AvgIpc) is 2.32. The Morgan fingerprint density at radius 1 is 1.22 bits per heavy atom. The Labute approximate surface area is 116 Å². The van der Waals surface area contributed by atoms with E-state index in [0.717, 1.165) is 0 Å². The van der Waals surface area contributed by atoms with Gasteiger partial charge in [0.25, 0.3) is 0 Å². The van der Waals surface area contributed by atoms with Gasteiger partial charge in [-0.05, 0) is 12.1 Å². The molecule has 0 unspecified atom stereocenters. The second-order valence-corrected chi connectivity index (χ2v) is 4.32. The Balaban J connectivity index is 2.85. The van der Waals surface area contributed by atoms with E-state index in [1.807, 2.05) is 0 Å². The smallest absolute Gasteiger partial charge is 0.423 e. The fourth-order valence-electron chi connectivity index (χ4n) is 1.36. The normalized spacial score (nSPS) is 10.8. The molecule has 0 spiro atoms. The van der Waals surface area contributed by atoms with Gasteiger partial charge < -0.3 is 24.8 Å². The van der Waals surface area contributed by atoms with E-state index < -0.39 is 13.4 Å². The van der Waals surface area contributed by atoms with Crippen LogP contribution in [0.5, 0.6) is 0 Å². The van der Waals surface area contributed by atoms with Gasteiger partial charge in [0.15, 0.2) is 6.29 Å². The van der Waals surface area contributed by atoms with Crippen LogP contribution in [0.15, 0.2) is 12.1 Å². The highest BCUT2D eigenvalue weighted by Gasteiger charge is 2.18. The monoisotopic (exact) mass is 293 g/mol. The van der Waals surface area contributed by atoms with Crippen LogP contribution in [0.2, 0.25) is 10.0 Å². The molecule has 3 N–H and O–H groups in total. The van der Waals surface area contributed by atoms with E-state index in [2.05, 4.69) is 5.32 Å². The quantitative estimate of drug-likeness (QED) is 0.532. The maximum Gasteiger partial charge on any atom is 0.490 e. The van der Waals surface area contributed by atoms with Gasteiger partial charge in [-0.3, -0.25) is 0 Å². The summed E-state index contributed by atoms with van der Waals surface area (Å²) < 4.78 is 10.0. The lowest BCUT2D eigenvalue weighted by Crippen LogP contribution is -2.31. The highest BCUT2D eigenvalue weighted by Crippen LogP contribution is 2.24. The Bertz CT molecular complexity index is 402. The van der Waals surface area contributed by atoms with Gasteiger partial charge in [-0.15, -0.1) is 0 Å². The number of anilines is 1. The molecule has 0 heterocycles. The summed E-state index contributed by atoms with van der Waals surface area (Å²) in [5.41, 5.74) is 0.693. The van der Waals surface area contributed by atoms with E-state index in [9.17, 15) is 0 Å². The zero-order valence-electron chi connectivity index (χ0n) is 9.98. The number of nitrogens with one attached hydrogen (secondary N) is 1. The lowest BCUT2D eigenvalue weighted by atomic mass is 9.80. The fourth-order valence-corrected chi connectivity index (χ4v) is 1.90. The summed E-state index contributed by atoms with van der Waals surface area (Å²) in [6.45, 7) is 0.356. The zero-order chi connectivity index (χ0) is 13.7. The minimum Gasteiger partial charge on any atom is -0.423 e. The third-order valence-corrected chi connectivity index (χ3v) is 2.99. The van der Waals surface area contributed by atoms with Crippen molar-refractivity contribution < 1.29 is 19.5 Å². The van der Waals surface area contributed by atoms with Gasteiger partial charge in [0.2, 0.25) is 0 Å². The molecule has 0 saturated heterocycles. The lowest BCUT2D eigenvalue weighted by Gasteiger charge is -2.16. The summed E-state index contributed by atoms with van der Waals surface area (Å²) >= 11 is 11.8. The molecule has 0 aliphatic rings. The Morgan fingerprint density at radius 2 is 1.83 bits per heavy atom. The maximum atomic E-state index is 9.14. The number of ether oxygens (including phenoxy) is 2. The SMILES string of the molecule is COC(CNc1cc(B(O)O)c(Cl)cc1Cl)OC. The molecule has 0 aromatic heterocycles. The van der Waals surface area contributed by atoms with Crippen molar-refractivity contribution in [2.45, 2.75) is 6.29 Å². The van der Waals surface area contributed by atoms with E-state index in [4.69, 9.17) is 42.7 Å². The van der Waals surface area contributed by atoms with Crippen molar-refractivity contribution in [1.29, 1.82) is 0 Å². The van der Waals surface area contributed by atoms with Crippen LogP contribution in [0.3, 0.4) is 0 Å². The van der Waals surface area contributed by atoms with Gasteiger partial charge in [-0.1, -0.05) is 23.2 Å². The Kier molecular flexibility index (Phi) is 6.21. The van der Waals surface area contributed by atoms with Crippen molar-refractivity contribution in [3.63, 3.8) is 0 Å². The Morgan fingerprint density at radius 3 is 2.33 bits per heavy atom. The van der Waals surface area contributed by atoms with Crippen LogP contribution >= 0.6 is 23.2 Å². The number of methoxy groups -OCH3 is 2. The van der Waals surface area contributed by atoms with Crippen molar-refractivity contribution in [2.75, 3.05) is 26.1 Å². The van der Waals surface area contributed by atoms with Crippen LogP contribution in [-0.2, 0) is 9.47 Å². The molecule has 0 aliphatic carbocycles. The summed E-state index contributed by atoms with van der Waals surface area (Å²) in [6, 6.07) is 2.91. The molecule has 0 radical (unpaired) electrons. The Hall–Kier alpha value is -0.495. The molecule has 0 fully saturated rings. The minimum atomic E-state index is -1.66. The molecule has 0 atom stereocenters. The molecule has 100 valence electrons. The zero-order valence-corrected chi connectivity index (χ0v) is 11.5. The van der Waals surface area contributed by atoms with Gasteiger partial charge in [-0.2, -0.15) is 0 Å². The summed E-state index contributed by atoms with van der Waals surface area (Å²) in [7, 11) is 1.38. The fraction of sp³-hybridized carbons (Fsp3) is 0.400. The van der Waals surface area contributed by atoms with Gasteiger partial charge in [0.05, 0.1) is 17.3 Å². The molecular formula is C10H14BCl2NO4. The molecule has 0 saturated carbocycles. The first-order valence-electron chi connectivity index (χ1n) is 5.14. The molecule has 8 heteroatoms. The van der Waals surface area contributed by atoms with Crippen LogP contribution in [0.1, 0.15) is 0 Å². The molecule has 0 aliphatic heterocycles. The first-order valence-corrected chi connectivity index (χ1v) is 5.89. The lowest BCUT2D eigenvalue weighted by molar-refractivity contribution is -0.0914. The van der Waals surface area contributed by atoms with E-state index in [-0.39, 0.29) is 10.5 Å². The van der Waals surface area contributed by atoms with Gasteiger partial charge in [0, 0.05) is 24.7 Å². The molecule has 18 heavy (non-hydrogen) atoms. The summed E-state index contributed by atoms with van der Waals surface area (Å²) in [5.74, 6) is 0. The third kappa shape index (κ3) is 4.01. The van der Waals surface area contributed by atoms with E-state index in [1.165, 1.54) is 26.4 Å². The first kappa shape index (κ1) is 15.6. The van der Waals surface area contributed by atoms with Gasteiger partial charge >= 0.3 is 7.12 Å². The number of benzene rings is 1. The predicted octanol–water partition coefficient (Wildman–Crippen LogP) is 0.704. The number of halogens is 2. The summed E-state index contributed by atoms with van der Waals surface area (Å²) in [5, 5.41) is 21.8. The number of hydrogen-bond donors (Lipinski definition) is 3. The molecule has 1 aromatic carbocycles. The molecule has 5 nitrogen and oxygen atoms in total. The standard InChI is InChI=1S/C10H14BCl2NO4/c1-17-10(18-2)5-14-9-3-6(11(15)16)7(12)4-8(9)13/h3-4,10,14-16H,5H2,1-2H3. The topological polar surface area (TPSA) is 71.0 Å². The second kappa shape index (κ2) is 7.18. The molecule has 1 aromatic rings. The highest BCUT2D eigenvalue weighted by atomic mass is 35.5. The maximum absolute atomic E-state index is 9.14. The van der Waals surface area contributed by atoms with Crippen molar-refractivity contribution in [3.8, 4) is 0 Å². The predicted molar refractivity (Wildman–Crippen MR) is 72.6 cm³/mol. The summed E-state index contributed by atoms with van der Waals surface area (Å²) in [4.78, 5) is 0. The molecular weight excluding hydrogens is 280 g/mol. The summed E-state index contributed by atoms with van der Waals surface area (Å²) in [6.07, 6.45) is -0.431. The largest absolute Gasteiger partial charge is 0.490 e. The minimum absolute atomic E-state index is 0.176. The number of rotatable bonds is 6. The van der Waals surface area contributed by atoms with Crippen LogP contribution in [0, 0.1) is 0 Å². The van der Waals surface area contributed by atoms with Crippen LogP contribution in [0.25, 0.3) is 0 Å². The van der Waals surface area contributed by atoms with Crippen molar-refractivity contribution in [2.24, 2.45) is 0 Å². The van der Waals surface area contributed by atoms with Crippen LogP contribution < -0.4 is 10.8 Å². The first-order chi connectivity index (χ1) is 8.49. The molecule has 0 amide bonds. The van der Waals surface area contributed by atoms with Gasteiger partial charge in [0.1, 0.15) is 0 Å². The van der Waals surface area contributed by atoms with Crippen molar-refractivity contribution >= 4 is 41.5 Å². The van der Waals surface area contributed by atoms with Crippen molar-refractivity contribution in [1.82, 2.24) is 0 Å². The second-order valence-electron chi connectivity index (χ2n) is 3.51. The average molecular weight is 294 g/mol.